The van der Waals surface area contributed by atoms with E-state index in [1.807, 2.05) is 0 Å². The van der Waals surface area contributed by atoms with Crippen LogP contribution >= 0.6 is 12.4 Å². The van der Waals surface area contributed by atoms with E-state index in [1.54, 1.807) is 23.1 Å². The van der Waals surface area contributed by atoms with E-state index in [1.165, 1.54) is 13.2 Å². The van der Waals surface area contributed by atoms with E-state index in [4.69, 9.17) is 0 Å². The highest BCUT2D eigenvalue weighted by Gasteiger charge is 2.30. The van der Waals surface area contributed by atoms with Crippen LogP contribution in [0.25, 0.3) is 0 Å². The van der Waals surface area contributed by atoms with E-state index in [0.717, 1.165) is 0 Å². The zero-order chi connectivity index (χ0) is 14.5. The third-order valence-electron chi connectivity index (χ3n) is 3.30. The first kappa shape index (κ1) is 17.4. The maximum absolute atomic E-state index is 13.6. The Morgan fingerprint density at radius 3 is 2.86 bits per heavy atom. The third kappa shape index (κ3) is 4.41. The molecule has 0 spiro atoms. The number of methoxy groups -OCH3 is 1. The molecule has 1 unspecified atom stereocenters. The molecule has 0 radical (unpaired) electrons. The molecule has 1 aromatic rings. The number of rotatable bonds is 4. The third-order valence-corrected chi connectivity index (χ3v) is 3.30. The molecule has 2 rings (SSSR count). The second kappa shape index (κ2) is 7.95. The van der Waals surface area contributed by atoms with Crippen molar-refractivity contribution in [2.75, 3.05) is 20.2 Å². The number of ether oxygens (including phenoxy) is 1. The molecule has 1 fully saturated rings. The number of hydrogen-bond acceptors (Lipinski definition) is 4. The van der Waals surface area contributed by atoms with Gasteiger partial charge in [-0.2, -0.15) is 0 Å². The molecule has 0 saturated carbocycles. The van der Waals surface area contributed by atoms with Gasteiger partial charge in [-0.15, -0.1) is 12.4 Å². The molecule has 1 heterocycles. The van der Waals surface area contributed by atoms with Crippen molar-refractivity contribution in [2.45, 2.75) is 19.0 Å². The number of carbonyl (C=O) groups is 2. The van der Waals surface area contributed by atoms with Crippen LogP contribution in [0.2, 0.25) is 0 Å². The average Bonchev–Trinajstić information content (AvgIpc) is 2.45. The number of amides is 1. The second-order valence-corrected chi connectivity index (χ2v) is 4.64. The van der Waals surface area contributed by atoms with Gasteiger partial charge in [0, 0.05) is 25.2 Å². The molecule has 1 atom stereocenters. The Labute approximate surface area is 128 Å². The number of esters is 1. The van der Waals surface area contributed by atoms with Crippen molar-refractivity contribution < 1.29 is 18.7 Å². The van der Waals surface area contributed by atoms with Gasteiger partial charge >= 0.3 is 5.97 Å². The highest BCUT2D eigenvalue weighted by atomic mass is 35.5. The SMILES string of the molecule is COC(=O)CC1NCCN(Cc2ccccc2F)C1=O.Cl. The van der Waals surface area contributed by atoms with Crippen molar-refractivity contribution in [1.29, 1.82) is 0 Å². The molecular formula is C14H18ClFN2O3. The Morgan fingerprint density at radius 1 is 1.48 bits per heavy atom. The smallest absolute Gasteiger partial charge is 0.307 e. The summed E-state index contributed by atoms with van der Waals surface area (Å²) < 4.78 is 18.2. The van der Waals surface area contributed by atoms with Gasteiger partial charge in [-0.25, -0.2) is 4.39 Å². The predicted molar refractivity (Wildman–Crippen MR) is 77.5 cm³/mol. The van der Waals surface area contributed by atoms with Crippen LogP contribution in [0, 0.1) is 5.82 Å². The van der Waals surface area contributed by atoms with Gasteiger partial charge in [0.05, 0.1) is 19.6 Å². The lowest BCUT2D eigenvalue weighted by molar-refractivity contribution is -0.146. The molecule has 0 aromatic heterocycles. The maximum atomic E-state index is 13.6. The van der Waals surface area contributed by atoms with Crippen LogP contribution in [0.5, 0.6) is 0 Å². The zero-order valence-electron chi connectivity index (χ0n) is 11.7. The zero-order valence-corrected chi connectivity index (χ0v) is 12.5. The Bertz CT molecular complexity index is 513. The molecule has 116 valence electrons. The van der Waals surface area contributed by atoms with Crippen molar-refractivity contribution in [1.82, 2.24) is 10.2 Å². The number of nitrogens with zero attached hydrogens (tertiary/aromatic N) is 1. The van der Waals surface area contributed by atoms with Crippen LogP contribution in [0.4, 0.5) is 4.39 Å². The molecular weight excluding hydrogens is 299 g/mol. The van der Waals surface area contributed by atoms with Gasteiger partial charge in [0.2, 0.25) is 5.91 Å². The fourth-order valence-corrected chi connectivity index (χ4v) is 2.19. The van der Waals surface area contributed by atoms with E-state index in [0.29, 0.717) is 18.7 Å². The molecule has 1 saturated heterocycles. The van der Waals surface area contributed by atoms with E-state index < -0.39 is 12.0 Å². The molecule has 7 heteroatoms. The Balaban J connectivity index is 0.00000220. The predicted octanol–water partition coefficient (Wildman–Crippen LogP) is 1.11. The number of carbonyl (C=O) groups excluding carboxylic acids is 2. The first-order valence-electron chi connectivity index (χ1n) is 6.44. The summed E-state index contributed by atoms with van der Waals surface area (Å²) in [6.45, 7) is 1.28. The molecule has 5 nitrogen and oxygen atoms in total. The Hall–Kier alpha value is -1.66. The van der Waals surface area contributed by atoms with Gasteiger partial charge in [0.15, 0.2) is 0 Å². The minimum Gasteiger partial charge on any atom is -0.469 e. The summed E-state index contributed by atoms with van der Waals surface area (Å²) in [5, 5.41) is 2.98. The number of benzene rings is 1. The maximum Gasteiger partial charge on any atom is 0.307 e. The van der Waals surface area contributed by atoms with Gasteiger partial charge in [-0.1, -0.05) is 18.2 Å². The van der Waals surface area contributed by atoms with E-state index >= 15 is 0 Å². The molecule has 21 heavy (non-hydrogen) atoms. The number of halogens is 2. The van der Waals surface area contributed by atoms with Crippen molar-refractivity contribution in [3.05, 3.63) is 35.6 Å². The van der Waals surface area contributed by atoms with Crippen LogP contribution in [0.15, 0.2) is 24.3 Å². The number of hydrogen-bond donors (Lipinski definition) is 1. The van der Waals surface area contributed by atoms with Crippen LogP contribution in [-0.4, -0.2) is 43.0 Å². The standard InChI is InChI=1S/C14H17FN2O3.ClH/c1-20-13(18)8-12-14(19)17(7-6-16-12)9-10-4-2-3-5-11(10)15;/h2-5,12,16H,6-9H2,1H3;1H. The lowest BCUT2D eigenvalue weighted by Crippen LogP contribution is -2.55. The second-order valence-electron chi connectivity index (χ2n) is 4.64. The Kier molecular flexibility index (Phi) is 6.58. The van der Waals surface area contributed by atoms with Crippen molar-refractivity contribution in [3.63, 3.8) is 0 Å². The number of piperazine rings is 1. The summed E-state index contributed by atoms with van der Waals surface area (Å²) in [6.07, 6.45) is -0.0108. The fourth-order valence-electron chi connectivity index (χ4n) is 2.19. The lowest BCUT2D eigenvalue weighted by atomic mass is 10.1. The van der Waals surface area contributed by atoms with Gasteiger partial charge in [-0.3, -0.25) is 9.59 Å². The largest absolute Gasteiger partial charge is 0.469 e. The summed E-state index contributed by atoms with van der Waals surface area (Å²) in [5.41, 5.74) is 0.472. The monoisotopic (exact) mass is 316 g/mol. The van der Waals surface area contributed by atoms with Crippen LogP contribution < -0.4 is 5.32 Å². The minimum atomic E-state index is -0.594. The molecule has 1 aliphatic rings. The fraction of sp³-hybridized carbons (Fsp3) is 0.429. The van der Waals surface area contributed by atoms with Gasteiger partial charge in [-0.05, 0) is 6.07 Å². The van der Waals surface area contributed by atoms with Crippen molar-refractivity contribution in [2.24, 2.45) is 0 Å². The summed E-state index contributed by atoms with van der Waals surface area (Å²) in [5.74, 6) is -0.975. The van der Waals surface area contributed by atoms with Crippen molar-refractivity contribution >= 4 is 24.3 Å². The van der Waals surface area contributed by atoms with Crippen LogP contribution in [-0.2, 0) is 20.9 Å². The molecule has 1 N–H and O–H groups in total. The molecule has 0 aliphatic carbocycles. The Morgan fingerprint density at radius 2 is 2.19 bits per heavy atom. The summed E-state index contributed by atoms with van der Waals surface area (Å²) in [7, 11) is 1.28. The topological polar surface area (TPSA) is 58.6 Å². The first-order valence-corrected chi connectivity index (χ1v) is 6.44. The van der Waals surface area contributed by atoms with Gasteiger partial charge < -0.3 is 15.0 Å². The van der Waals surface area contributed by atoms with Gasteiger partial charge in [0.25, 0.3) is 0 Å². The van der Waals surface area contributed by atoms with E-state index in [-0.39, 0.29) is 37.1 Å². The quantitative estimate of drug-likeness (QED) is 0.846. The first-order chi connectivity index (χ1) is 9.61. The molecule has 1 aromatic carbocycles. The minimum absolute atomic E-state index is 0. The average molecular weight is 317 g/mol. The summed E-state index contributed by atoms with van der Waals surface area (Å²) in [4.78, 5) is 25.0. The van der Waals surface area contributed by atoms with Crippen LogP contribution in [0.3, 0.4) is 0 Å². The van der Waals surface area contributed by atoms with E-state index in [2.05, 4.69) is 10.1 Å². The molecule has 0 bridgehead atoms. The van der Waals surface area contributed by atoms with E-state index in [9.17, 15) is 14.0 Å². The van der Waals surface area contributed by atoms with Crippen molar-refractivity contribution in [3.8, 4) is 0 Å². The summed E-state index contributed by atoms with van der Waals surface area (Å²) in [6, 6.07) is 5.77. The molecule has 1 amide bonds. The highest BCUT2D eigenvalue weighted by molar-refractivity contribution is 5.87. The van der Waals surface area contributed by atoms with Gasteiger partial charge in [0.1, 0.15) is 5.82 Å². The number of nitrogens with one attached hydrogen (secondary N) is 1. The lowest BCUT2D eigenvalue weighted by Gasteiger charge is -2.32. The summed E-state index contributed by atoms with van der Waals surface area (Å²) >= 11 is 0. The van der Waals surface area contributed by atoms with Crippen LogP contribution in [0.1, 0.15) is 12.0 Å². The normalized spacial score (nSPS) is 18.1. The molecule has 1 aliphatic heterocycles. The highest BCUT2D eigenvalue weighted by Crippen LogP contribution is 2.13.